The van der Waals surface area contributed by atoms with Crippen molar-refractivity contribution >= 4 is 5.82 Å². The van der Waals surface area contributed by atoms with E-state index in [1.54, 1.807) is 12.4 Å². The van der Waals surface area contributed by atoms with Gasteiger partial charge in [-0.25, -0.2) is 15.0 Å². The van der Waals surface area contributed by atoms with Crippen molar-refractivity contribution in [3.8, 4) is 23.2 Å². The molecule has 27 heavy (non-hydrogen) atoms. The summed E-state index contributed by atoms with van der Waals surface area (Å²) in [6.07, 6.45) is 5.80. The molecule has 0 unspecified atom stereocenters. The fourth-order valence-electron chi connectivity index (χ4n) is 3.80. The van der Waals surface area contributed by atoms with Crippen LogP contribution in [0.2, 0.25) is 0 Å². The molecule has 1 fully saturated rings. The lowest BCUT2D eigenvalue weighted by molar-refractivity contribution is -0.0598. The quantitative estimate of drug-likeness (QED) is 0.884. The molecular formula is C20H25N5O2. The second-order valence-electron chi connectivity index (χ2n) is 7.33. The van der Waals surface area contributed by atoms with E-state index in [2.05, 4.69) is 41.8 Å². The second kappa shape index (κ2) is 7.49. The highest BCUT2D eigenvalue weighted by Gasteiger charge is 2.33. The van der Waals surface area contributed by atoms with Crippen molar-refractivity contribution in [2.75, 3.05) is 19.5 Å². The molecule has 1 aliphatic rings. The number of aromatic nitrogens is 3. The van der Waals surface area contributed by atoms with Crippen molar-refractivity contribution in [1.82, 2.24) is 15.0 Å². The number of methoxy groups -OCH3 is 1. The Morgan fingerprint density at radius 2 is 2.07 bits per heavy atom. The summed E-state index contributed by atoms with van der Waals surface area (Å²) in [6.45, 7) is 6.94. The molecule has 0 amide bonds. The van der Waals surface area contributed by atoms with Gasteiger partial charge in [-0.05, 0) is 38.7 Å². The van der Waals surface area contributed by atoms with Gasteiger partial charge in [-0.2, -0.15) is 5.26 Å². The number of hydrogen-bond donors (Lipinski definition) is 1. The first-order valence-corrected chi connectivity index (χ1v) is 9.13. The number of ether oxygens (including phenoxy) is 2. The summed E-state index contributed by atoms with van der Waals surface area (Å²) in [4.78, 5) is 13.0. The molecule has 2 aromatic rings. The number of pyridine rings is 1. The van der Waals surface area contributed by atoms with Gasteiger partial charge in [-0.1, -0.05) is 6.92 Å². The average Bonchev–Trinajstić information content (AvgIpc) is 2.66. The molecule has 0 saturated carbocycles. The highest BCUT2D eigenvalue weighted by atomic mass is 16.5. The molecule has 2 N–H and O–H groups in total. The maximum atomic E-state index is 9.71. The zero-order chi connectivity index (χ0) is 19.6. The van der Waals surface area contributed by atoms with Crippen LogP contribution < -0.4 is 10.5 Å². The van der Waals surface area contributed by atoms with Crippen LogP contribution in [0.25, 0.3) is 11.1 Å². The van der Waals surface area contributed by atoms with E-state index in [-0.39, 0.29) is 23.3 Å². The van der Waals surface area contributed by atoms with Crippen LogP contribution in [0.1, 0.15) is 56.4 Å². The third-order valence-electron chi connectivity index (χ3n) is 5.01. The summed E-state index contributed by atoms with van der Waals surface area (Å²) in [5.74, 6) is 0.483. The summed E-state index contributed by atoms with van der Waals surface area (Å²) in [6, 6.07) is 2.49. The Bertz CT molecular complexity index is 871. The summed E-state index contributed by atoms with van der Waals surface area (Å²) >= 11 is 0. The lowest BCUT2D eigenvalue weighted by Crippen LogP contribution is -2.33. The number of nitrogen functional groups attached to an aromatic ring is 1. The maximum absolute atomic E-state index is 9.71. The lowest BCUT2D eigenvalue weighted by atomic mass is 9.81. The van der Waals surface area contributed by atoms with Crippen LogP contribution in [0.5, 0.6) is 6.01 Å². The van der Waals surface area contributed by atoms with Gasteiger partial charge >= 0.3 is 6.01 Å². The van der Waals surface area contributed by atoms with E-state index >= 15 is 0 Å². The molecule has 0 aliphatic carbocycles. The molecule has 142 valence electrons. The summed E-state index contributed by atoms with van der Waals surface area (Å²) in [7, 11) is 1.52. The summed E-state index contributed by atoms with van der Waals surface area (Å²) < 4.78 is 10.9. The number of nitrogens with zero attached hydrogens (tertiary/aromatic N) is 4. The van der Waals surface area contributed by atoms with Crippen LogP contribution in [0, 0.1) is 11.3 Å². The van der Waals surface area contributed by atoms with E-state index in [0.29, 0.717) is 12.2 Å². The Balaban J connectivity index is 2.19. The SMILES string of the molecule is CCc1c([C@@H]2CCOC(C)(C)C2)nc(N)c(C#N)c1-c1cnc(OC)nc1. The van der Waals surface area contributed by atoms with Crippen molar-refractivity contribution in [1.29, 1.82) is 5.26 Å². The summed E-state index contributed by atoms with van der Waals surface area (Å²) in [5.41, 5.74) is 9.85. The molecule has 0 spiro atoms. The highest BCUT2D eigenvalue weighted by Crippen LogP contribution is 2.41. The molecule has 3 rings (SSSR count). The third-order valence-corrected chi connectivity index (χ3v) is 5.01. The first-order valence-electron chi connectivity index (χ1n) is 9.13. The normalized spacial score (nSPS) is 18.7. The molecule has 1 saturated heterocycles. The van der Waals surface area contributed by atoms with Gasteiger partial charge in [0.15, 0.2) is 0 Å². The largest absolute Gasteiger partial charge is 0.467 e. The Labute approximate surface area is 159 Å². The molecule has 0 radical (unpaired) electrons. The smallest absolute Gasteiger partial charge is 0.316 e. The number of hydrogen-bond acceptors (Lipinski definition) is 7. The van der Waals surface area contributed by atoms with Crippen molar-refractivity contribution in [2.45, 2.75) is 51.6 Å². The van der Waals surface area contributed by atoms with Gasteiger partial charge in [0.05, 0.1) is 12.7 Å². The predicted molar refractivity (Wildman–Crippen MR) is 102 cm³/mol. The molecule has 7 nitrogen and oxygen atoms in total. The van der Waals surface area contributed by atoms with Gasteiger partial charge in [0.25, 0.3) is 0 Å². The number of nitriles is 1. The van der Waals surface area contributed by atoms with Gasteiger partial charge in [-0.15, -0.1) is 0 Å². The number of rotatable bonds is 4. The van der Waals surface area contributed by atoms with Crippen molar-refractivity contribution in [3.05, 3.63) is 29.2 Å². The van der Waals surface area contributed by atoms with E-state index < -0.39 is 0 Å². The van der Waals surface area contributed by atoms with Gasteiger partial charge in [0, 0.05) is 41.7 Å². The van der Waals surface area contributed by atoms with E-state index in [1.165, 1.54) is 7.11 Å². The number of anilines is 1. The maximum Gasteiger partial charge on any atom is 0.316 e. The number of nitrogens with two attached hydrogens (primary N) is 1. The minimum atomic E-state index is -0.207. The van der Waals surface area contributed by atoms with E-state index in [1.807, 2.05) is 0 Å². The zero-order valence-corrected chi connectivity index (χ0v) is 16.2. The van der Waals surface area contributed by atoms with Gasteiger partial charge < -0.3 is 15.2 Å². The molecule has 0 aromatic carbocycles. The molecule has 0 bridgehead atoms. The first-order chi connectivity index (χ1) is 12.9. The second-order valence-corrected chi connectivity index (χ2v) is 7.33. The fourth-order valence-corrected chi connectivity index (χ4v) is 3.80. The van der Waals surface area contributed by atoms with Crippen LogP contribution in [0.3, 0.4) is 0 Å². The molecule has 1 atom stereocenters. The van der Waals surface area contributed by atoms with Crippen molar-refractivity contribution in [3.63, 3.8) is 0 Å². The minimum absolute atomic E-state index is 0.207. The van der Waals surface area contributed by atoms with Crippen LogP contribution in [-0.2, 0) is 11.2 Å². The van der Waals surface area contributed by atoms with E-state index in [9.17, 15) is 5.26 Å². The molecule has 2 aromatic heterocycles. The lowest BCUT2D eigenvalue weighted by Gasteiger charge is -2.36. The monoisotopic (exact) mass is 367 g/mol. The molecule has 3 heterocycles. The minimum Gasteiger partial charge on any atom is -0.467 e. The summed E-state index contributed by atoms with van der Waals surface area (Å²) in [5, 5.41) is 9.71. The first kappa shape index (κ1) is 19.1. The van der Waals surface area contributed by atoms with Crippen molar-refractivity contribution < 1.29 is 9.47 Å². The van der Waals surface area contributed by atoms with Gasteiger partial charge in [0.1, 0.15) is 17.5 Å². The van der Waals surface area contributed by atoms with Gasteiger partial charge in [-0.3, -0.25) is 0 Å². The highest BCUT2D eigenvalue weighted by molar-refractivity contribution is 5.78. The topological polar surface area (TPSA) is 107 Å². The molecular weight excluding hydrogens is 342 g/mol. The van der Waals surface area contributed by atoms with Crippen LogP contribution in [0.4, 0.5) is 5.82 Å². The molecule has 1 aliphatic heterocycles. The Morgan fingerprint density at radius 1 is 1.37 bits per heavy atom. The average molecular weight is 367 g/mol. The van der Waals surface area contributed by atoms with E-state index in [4.69, 9.17) is 15.2 Å². The fraction of sp³-hybridized carbons (Fsp3) is 0.500. The van der Waals surface area contributed by atoms with Gasteiger partial charge in [0.2, 0.25) is 0 Å². The van der Waals surface area contributed by atoms with Crippen LogP contribution >= 0.6 is 0 Å². The molecule has 7 heteroatoms. The Morgan fingerprint density at radius 3 is 2.63 bits per heavy atom. The standard InChI is InChI=1S/C20H25N5O2/c1-5-14-16(13-10-23-19(26-4)24-11-13)15(9-21)18(22)25-17(14)12-6-7-27-20(2,3)8-12/h10-12H,5-8H2,1-4H3,(H2,22,25)/t12-/m1/s1. The third kappa shape index (κ3) is 3.71. The van der Waals surface area contributed by atoms with Crippen LogP contribution in [0.15, 0.2) is 12.4 Å². The predicted octanol–water partition coefficient (Wildman–Crippen LogP) is 3.24. The van der Waals surface area contributed by atoms with E-state index in [0.717, 1.165) is 41.6 Å². The van der Waals surface area contributed by atoms with Crippen molar-refractivity contribution in [2.24, 2.45) is 0 Å². The van der Waals surface area contributed by atoms with Crippen LogP contribution in [-0.4, -0.2) is 34.3 Å². The Kier molecular flexibility index (Phi) is 5.29. The zero-order valence-electron chi connectivity index (χ0n) is 16.2. The Hall–Kier alpha value is -2.72.